The molecule has 1 aromatic heterocycles. The first-order chi connectivity index (χ1) is 10.1. The summed E-state index contributed by atoms with van der Waals surface area (Å²) in [5.41, 5.74) is 2.43. The normalized spacial score (nSPS) is 20.1. The van der Waals surface area contributed by atoms with E-state index >= 15 is 0 Å². The Labute approximate surface area is 128 Å². The molecule has 1 saturated heterocycles. The Hall–Kier alpha value is -1.17. The fraction of sp³-hybridized carbons (Fsp3) is 0.688. The van der Waals surface area contributed by atoms with Gasteiger partial charge in [-0.3, -0.25) is 9.58 Å². The van der Waals surface area contributed by atoms with E-state index in [1.807, 2.05) is 10.8 Å². The summed E-state index contributed by atoms with van der Waals surface area (Å²) in [7, 11) is 4.22. The van der Waals surface area contributed by atoms with Crippen molar-refractivity contribution in [3.63, 3.8) is 0 Å². The SMILES string of the molecule is C=CCn1cc(CN2CCO[C@@H](CCN(C)C)C2)c(C)n1. The van der Waals surface area contributed by atoms with Crippen molar-refractivity contribution in [1.29, 1.82) is 0 Å². The van der Waals surface area contributed by atoms with Gasteiger partial charge in [0.25, 0.3) is 0 Å². The first-order valence-corrected chi connectivity index (χ1v) is 7.71. The van der Waals surface area contributed by atoms with Crippen molar-refractivity contribution < 1.29 is 4.74 Å². The topological polar surface area (TPSA) is 33.5 Å². The van der Waals surface area contributed by atoms with Crippen molar-refractivity contribution >= 4 is 0 Å². The number of nitrogens with zero attached hydrogens (tertiary/aromatic N) is 4. The molecule has 1 aromatic rings. The van der Waals surface area contributed by atoms with E-state index in [9.17, 15) is 0 Å². The van der Waals surface area contributed by atoms with E-state index in [4.69, 9.17) is 4.74 Å². The summed E-state index contributed by atoms with van der Waals surface area (Å²) in [6.45, 7) is 11.5. The van der Waals surface area contributed by atoms with Gasteiger partial charge in [0, 0.05) is 37.9 Å². The lowest BCUT2D eigenvalue weighted by Crippen LogP contribution is -2.42. The standard InChI is InChI=1S/C16H28N4O/c1-5-7-20-12-15(14(2)17-20)11-19-9-10-21-16(13-19)6-8-18(3)4/h5,12,16H,1,6-11,13H2,2-4H3/t16-/m0/s1. The summed E-state index contributed by atoms with van der Waals surface area (Å²) in [6, 6.07) is 0. The summed E-state index contributed by atoms with van der Waals surface area (Å²) in [6.07, 6.45) is 5.46. The summed E-state index contributed by atoms with van der Waals surface area (Å²) in [5.74, 6) is 0. The number of aryl methyl sites for hydroxylation is 1. The Morgan fingerprint density at radius 3 is 3.05 bits per heavy atom. The van der Waals surface area contributed by atoms with Crippen LogP contribution < -0.4 is 0 Å². The number of ether oxygens (including phenoxy) is 1. The van der Waals surface area contributed by atoms with Crippen molar-refractivity contribution in [3.05, 3.63) is 30.1 Å². The van der Waals surface area contributed by atoms with E-state index in [0.29, 0.717) is 6.10 Å². The zero-order valence-corrected chi connectivity index (χ0v) is 13.6. The molecule has 1 fully saturated rings. The minimum Gasteiger partial charge on any atom is -0.376 e. The number of hydrogen-bond acceptors (Lipinski definition) is 4. The molecular weight excluding hydrogens is 264 g/mol. The van der Waals surface area contributed by atoms with Crippen LogP contribution in [0.2, 0.25) is 0 Å². The Morgan fingerprint density at radius 1 is 1.52 bits per heavy atom. The molecule has 0 bridgehead atoms. The zero-order chi connectivity index (χ0) is 15.2. The van der Waals surface area contributed by atoms with E-state index in [0.717, 1.165) is 51.4 Å². The van der Waals surface area contributed by atoms with E-state index in [1.54, 1.807) is 0 Å². The minimum atomic E-state index is 0.352. The highest BCUT2D eigenvalue weighted by molar-refractivity contribution is 5.15. The van der Waals surface area contributed by atoms with Crippen LogP contribution in [-0.4, -0.2) is 66.0 Å². The first kappa shape index (κ1) is 16.2. The van der Waals surface area contributed by atoms with Gasteiger partial charge in [-0.05, 0) is 27.4 Å². The number of rotatable bonds is 7. The van der Waals surface area contributed by atoms with Gasteiger partial charge >= 0.3 is 0 Å². The third-order valence-electron chi connectivity index (χ3n) is 3.88. The van der Waals surface area contributed by atoms with Crippen LogP contribution in [0.15, 0.2) is 18.9 Å². The number of hydrogen-bond donors (Lipinski definition) is 0. The van der Waals surface area contributed by atoms with Gasteiger partial charge in [0.1, 0.15) is 0 Å². The molecule has 118 valence electrons. The highest BCUT2D eigenvalue weighted by atomic mass is 16.5. The Balaban J connectivity index is 1.88. The maximum Gasteiger partial charge on any atom is 0.0714 e. The molecule has 21 heavy (non-hydrogen) atoms. The second-order valence-electron chi connectivity index (χ2n) is 6.07. The third kappa shape index (κ3) is 4.95. The predicted molar refractivity (Wildman–Crippen MR) is 85.3 cm³/mol. The molecule has 0 radical (unpaired) electrons. The fourth-order valence-corrected chi connectivity index (χ4v) is 2.68. The second kappa shape index (κ2) is 7.73. The van der Waals surface area contributed by atoms with Crippen LogP contribution in [0.3, 0.4) is 0 Å². The molecule has 0 unspecified atom stereocenters. The monoisotopic (exact) mass is 292 g/mol. The van der Waals surface area contributed by atoms with Gasteiger partial charge < -0.3 is 9.64 Å². The quantitative estimate of drug-likeness (QED) is 0.714. The zero-order valence-electron chi connectivity index (χ0n) is 13.6. The molecular formula is C16H28N4O. The molecule has 2 rings (SSSR count). The molecule has 0 aliphatic carbocycles. The van der Waals surface area contributed by atoms with Gasteiger partial charge in [-0.1, -0.05) is 6.08 Å². The van der Waals surface area contributed by atoms with Crippen LogP contribution in [0.5, 0.6) is 0 Å². The van der Waals surface area contributed by atoms with Gasteiger partial charge in [0.05, 0.1) is 24.9 Å². The molecule has 1 aliphatic rings. The molecule has 5 nitrogen and oxygen atoms in total. The van der Waals surface area contributed by atoms with Gasteiger partial charge in [-0.25, -0.2) is 0 Å². The largest absolute Gasteiger partial charge is 0.376 e. The van der Waals surface area contributed by atoms with Crippen molar-refractivity contribution in [1.82, 2.24) is 19.6 Å². The minimum absolute atomic E-state index is 0.352. The van der Waals surface area contributed by atoms with Gasteiger partial charge in [-0.2, -0.15) is 5.10 Å². The van der Waals surface area contributed by atoms with E-state index in [2.05, 4.69) is 48.7 Å². The number of morpholine rings is 1. The summed E-state index contributed by atoms with van der Waals surface area (Å²) >= 11 is 0. The molecule has 0 N–H and O–H groups in total. The number of aromatic nitrogens is 2. The van der Waals surface area contributed by atoms with Crippen molar-refractivity contribution in [2.75, 3.05) is 40.3 Å². The first-order valence-electron chi connectivity index (χ1n) is 7.71. The van der Waals surface area contributed by atoms with Crippen LogP contribution in [0.4, 0.5) is 0 Å². The lowest BCUT2D eigenvalue weighted by Gasteiger charge is -2.33. The second-order valence-corrected chi connectivity index (χ2v) is 6.07. The Bertz CT molecular complexity index is 455. The van der Waals surface area contributed by atoms with Crippen molar-refractivity contribution in [2.24, 2.45) is 0 Å². The lowest BCUT2D eigenvalue weighted by atomic mass is 10.1. The molecule has 0 saturated carbocycles. The molecule has 2 heterocycles. The lowest BCUT2D eigenvalue weighted by molar-refractivity contribution is -0.0370. The molecule has 0 aromatic carbocycles. The van der Waals surface area contributed by atoms with Crippen LogP contribution >= 0.6 is 0 Å². The Morgan fingerprint density at radius 2 is 2.33 bits per heavy atom. The molecule has 1 atom stereocenters. The smallest absolute Gasteiger partial charge is 0.0714 e. The van der Waals surface area contributed by atoms with Crippen LogP contribution in [0, 0.1) is 6.92 Å². The summed E-state index contributed by atoms with van der Waals surface area (Å²) < 4.78 is 7.83. The van der Waals surface area contributed by atoms with E-state index in [-0.39, 0.29) is 0 Å². The Kier molecular flexibility index (Phi) is 5.96. The molecule has 1 aliphatic heterocycles. The van der Waals surface area contributed by atoms with Crippen LogP contribution in [0.25, 0.3) is 0 Å². The van der Waals surface area contributed by atoms with Crippen LogP contribution in [-0.2, 0) is 17.8 Å². The predicted octanol–water partition coefficient (Wildman–Crippen LogP) is 1.53. The van der Waals surface area contributed by atoms with Gasteiger partial charge in [0.15, 0.2) is 0 Å². The average Bonchev–Trinajstić information content (AvgIpc) is 2.77. The highest BCUT2D eigenvalue weighted by Gasteiger charge is 2.21. The maximum absolute atomic E-state index is 5.87. The summed E-state index contributed by atoms with van der Waals surface area (Å²) in [5, 5.41) is 4.53. The number of allylic oxidation sites excluding steroid dienone is 1. The van der Waals surface area contributed by atoms with Crippen LogP contribution in [0.1, 0.15) is 17.7 Å². The van der Waals surface area contributed by atoms with E-state index < -0.39 is 0 Å². The molecule has 5 heteroatoms. The fourth-order valence-electron chi connectivity index (χ4n) is 2.68. The maximum atomic E-state index is 5.87. The third-order valence-corrected chi connectivity index (χ3v) is 3.88. The van der Waals surface area contributed by atoms with Gasteiger partial charge in [-0.15, -0.1) is 6.58 Å². The molecule has 0 amide bonds. The van der Waals surface area contributed by atoms with Gasteiger partial charge in [0.2, 0.25) is 0 Å². The average molecular weight is 292 g/mol. The highest BCUT2D eigenvalue weighted by Crippen LogP contribution is 2.15. The van der Waals surface area contributed by atoms with Crippen molar-refractivity contribution in [2.45, 2.75) is 32.5 Å². The molecule has 0 spiro atoms. The van der Waals surface area contributed by atoms with Crippen molar-refractivity contribution in [3.8, 4) is 0 Å². The summed E-state index contributed by atoms with van der Waals surface area (Å²) in [4.78, 5) is 4.69. The van der Waals surface area contributed by atoms with E-state index in [1.165, 1.54) is 5.56 Å².